The molecule has 1 aliphatic carbocycles. The van der Waals surface area contributed by atoms with E-state index in [9.17, 15) is 52.6 Å². The van der Waals surface area contributed by atoms with Crippen LogP contribution in [0.4, 0.5) is 19.3 Å². The van der Waals surface area contributed by atoms with Gasteiger partial charge in [0, 0.05) is 50.3 Å². The molecule has 7 amide bonds. The summed E-state index contributed by atoms with van der Waals surface area (Å²) in [7, 11) is 0. The molecule has 1 spiro atoms. The van der Waals surface area contributed by atoms with Gasteiger partial charge in [-0.15, -0.1) is 0 Å². The summed E-state index contributed by atoms with van der Waals surface area (Å²) in [5, 5.41) is 31.3. The Kier molecular flexibility index (Phi) is 13.0. The van der Waals surface area contributed by atoms with Crippen LogP contribution >= 0.6 is 0 Å². The van der Waals surface area contributed by atoms with Crippen molar-refractivity contribution in [2.24, 2.45) is 5.92 Å². The molecule has 18 nitrogen and oxygen atoms in total. The highest BCUT2D eigenvalue weighted by atomic mass is 19.1. The van der Waals surface area contributed by atoms with Crippen LogP contribution in [0.1, 0.15) is 64.4 Å². The lowest BCUT2D eigenvalue weighted by Gasteiger charge is -2.43. The molecule has 2 aromatic rings. The predicted octanol–water partition coefficient (Wildman–Crippen LogP) is 0.721. The third-order valence-electron chi connectivity index (χ3n) is 12.2. The Morgan fingerprint density at radius 1 is 0.871 bits per heavy atom. The standard InChI is InChI=1S/C42H51F2N7O11/c1-22-16-42(17-35(42)54)51(18-22)38(57)23(2)45-37(56)31-5-3-4-10-49(31)40(59)32-8-7-28(53)19-50(32)39(58)30(20-52)47-36(55)29(13-24-11-25(43)14-26(44)12-24)48-41(60)46-27-6-9-33-34(15-27)62-21-61-33/h6,9,11-12,14-15,22-23,28-32,52-53H,3-5,7-8,10,13,16-21H2,1-2H3,(H,45,56)(H,47,55)(H2,46,48,60)/t22-,23+,28-,29+,30+,31?,32+,42+/m1/s1. The van der Waals surface area contributed by atoms with E-state index in [4.69, 9.17) is 9.47 Å². The second-order valence-electron chi connectivity index (χ2n) is 16.8. The van der Waals surface area contributed by atoms with Crippen molar-refractivity contribution in [3.63, 3.8) is 0 Å². The maximum atomic E-state index is 14.4. The van der Waals surface area contributed by atoms with Gasteiger partial charge in [-0.3, -0.25) is 28.8 Å². The average molecular weight is 868 g/mol. The molecule has 4 aliphatic heterocycles. The van der Waals surface area contributed by atoms with Gasteiger partial charge >= 0.3 is 6.03 Å². The van der Waals surface area contributed by atoms with Crippen LogP contribution in [0.5, 0.6) is 11.5 Å². The summed E-state index contributed by atoms with van der Waals surface area (Å²) < 4.78 is 39.0. The zero-order valence-corrected chi connectivity index (χ0v) is 34.4. The van der Waals surface area contributed by atoms with Gasteiger partial charge in [0.2, 0.25) is 36.3 Å². The number of halogens is 2. The number of nitrogens with zero attached hydrogens (tertiary/aromatic N) is 3. The molecule has 1 unspecified atom stereocenters. The molecule has 62 heavy (non-hydrogen) atoms. The van der Waals surface area contributed by atoms with Crippen LogP contribution in [0.15, 0.2) is 36.4 Å². The zero-order valence-electron chi connectivity index (χ0n) is 34.4. The average Bonchev–Trinajstić information content (AvgIpc) is 3.50. The van der Waals surface area contributed by atoms with E-state index >= 15 is 0 Å². The number of anilines is 1. The van der Waals surface area contributed by atoms with Crippen LogP contribution in [0, 0.1) is 17.6 Å². The van der Waals surface area contributed by atoms with E-state index in [0.29, 0.717) is 43.4 Å². The molecule has 4 fully saturated rings. The topological polar surface area (TPSA) is 236 Å². The molecule has 3 saturated heterocycles. The summed E-state index contributed by atoms with van der Waals surface area (Å²) in [4.78, 5) is 99.3. The second kappa shape index (κ2) is 18.2. The van der Waals surface area contributed by atoms with E-state index in [1.807, 2.05) is 6.92 Å². The third kappa shape index (κ3) is 9.45. The number of likely N-dealkylation sites (tertiary alicyclic amines) is 3. The summed E-state index contributed by atoms with van der Waals surface area (Å²) in [6.07, 6.45) is 0.852. The van der Waals surface area contributed by atoms with Crippen LogP contribution in [-0.2, 0) is 35.2 Å². The largest absolute Gasteiger partial charge is 0.454 e. The molecule has 8 atom stereocenters. The van der Waals surface area contributed by atoms with Gasteiger partial charge in [0.15, 0.2) is 17.3 Å². The number of ketones is 1. The van der Waals surface area contributed by atoms with Crippen LogP contribution in [0.3, 0.4) is 0 Å². The number of amides is 7. The van der Waals surface area contributed by atoms with E-state index in [-0.39, 0.29) is 74.4 Å². The first-order valence-electron chi connectivity index (χ1n) is 20.8. The highest BCUT2D eigenvalue weighted by Gasteiger charge is 2.63. The maximum Gasteiger partial charge on any atom is 0.319 e. The minimum absolute atomic E-state index is 0.00394. The number of aliphatic hydroxyl groups is 2. The first-order chi connectivity index (χ1) is 29.6. The Hall–Kier alpha value is -5.89. The Bertz CT molecular complexity index is 2110. The van der Waals surface area contributed by atoms with Gasteiger partial charge in [-0.05, 0) is 81.2 Å². The number of urea groups is 1. The molecule has 1 saturated carbocycles. The van der Waals surface area contributed by atoms with E-state index in [1.54, 1.807) is 11.0 Å². The molecule has 0 radical (unpaired) electrons. The van der Waals surface area contributed by atoms with Gasteiger partial charge in [-0.25, -0.2) is 13.6 Å². The summed E-state index contributed by atoms with van der Waals surface area (Å²) in [5.41, 5.74) is -0.575. The summed E-state index contributed by atoms with van der Waals surface area (Å²) in [6, 6.07) is -0.285. The fourth-order valence-corrected chi connectivity index (χ4v) is 9.04. The Labute approximate surface area is 355 Å². The van der Waals surface area contributed by atoms with Crippen LogP contribution < -0.4 is 30.7 Å². The van der Waals surface area contributed by atoms with E-state index in [1.165, 1.54) is 24.0 Å². The molecule has 2 aromatic carbocycles. The number of rotatable bonds is 12. The minimum Gasteiger partial charge on any atom is -0.454 e. The monoisotopic (exact) mass is 867 g/mol. The highest BCUT2D eigenvalue weighted by Crippen LogP contribution is 2.48. The van der Waals surface area contributed by atoms with E-state index in [2.05, 4.69) is 21.3 Å². The second-order valence-corrected chi connectivity index (χ2v) is 16.8. The maximum absolute atomic E-state index is 14.4. The van der Waals surface area contributed by atoms with Crippen molar-refractivity contribution in [1.29, 1.82) is 0 Å². The molecule has 5 aliphatic rings. The Balaban J connectivity index is 1.04. The van der Waals surface area contributed by atoms with Crippen molar-refractivity contribution < 1.29 is 62.0 Å². The number of hydrogen-bond donors (Lipinski definition) is 6. The molecule has 4 heterocycles. The smallest absolute Gasteiger partial charge is 0.319 e. The molecular weight excluding hydrogens is 816 g/mol. The number of Topliss-reactive ketones (excluding diaryl/α,β-unsaturated/α-hetero) is 1. The van der Waals surface area contributed by atoms with Crippen LogP contribution in [0.2, 0.25) is 0 Å². The van der Waals surface area contributed by atoms with Crippen molar-refractivity contribution >= 4 is 47.0 Å². The van der Waals surface area contributed by atoms with Crippen molar-refractivity contribution in [1.82, 2.24) is 30.7 Å². The highest BCUT2D eigenvalue weighted by molar-refractivity contribution is 6.09. The third-order valence-corrected chi connectivity index (χ3v) is 12.2. The lowest BCUT2D eigenvalue weighted by Crippen LogP contribution is -2.64. The van der Waals surface area contributed by atoms with Gasteiger partial charge in [0.1, 0.15) is 47.4 Å². The first-order valence-corrected chi connectivity index (χ1v) is 20.8. The molecule has 6 N–H and O–H groups in total. The molecule has 0 aromatic heterocycles. The fourth-order valence-electron chi connectivity index (χ4n) is 9.04. The van der Waals surface area contributed by atoms with Gasteiger partial charge in [0.25, 0.3) is 0 Å². The number of benzene rings is 2. The predicted molar refractivity (Wildman–Crippen MR) is 213 cm³/mol. The molecule has 7 rings (SSSR count). The number of hydrogen-bond acceptors (Lipinski definition) is 11. The molecule has 334 valence electrons. The van der Waals surface area contributed by atoms with Gasteiger partial charge in [-0.1, -0.05) is 6.92 Å². The number of carbonyl (C=O) groups is 7. The number of carbonyl (C=O) groups excluding carboxylic acids is 7. The number of aliphatic hydroxyl groups excluding tert-OH is 2. The molecule has 0 bridgehead atoms. The molecular formula is C42H51F2N7O11. The lowest BCUT2D eigenvalue weighted by molar-refractivity contribution is -0.156. The summed E-state index contributed by atoms with van der Waals surface area (Å²) >= 11 is 0. The van der Waals surface area contributed by atoms with Crippen LogP contribution in [0.25, 0.3) is 0 Å². The fraction of sp³-hybridized carbons (Fsp3) is 0.548. The SMILES string of the molecule is C[C@H]1CN(C(=O)[C@H](C)NC(=O)C2CCCCN2C(=O)[C@@H]2CC[C@@H](O)CN2C(=O)[C@H](CO)NC(=O)[C@H](Cc2cc(F)cc(F)c2)NC(=O)Nc2ccc3c(c2)OCO3)[C@]2(CC2=O)C1. The Morgan fingerprint density at radius 3 is 2.31 bits per heavy atom. The summed E-state index contributed by atoms with van der Waals surface area (Å²) in [6.45, 7) is 2.70. The van der Waals surface area contributed by atoms with Crippen molar-refractivity contribution in [2.45, 2.75) is 107 Å². The number of ether oxygens (including phenoxy) is 2. The van der Waals surface area contributed by atoms with Crippen molar-refractivity contribution in [3.8, 4) is 11.5 Å². The Morgan fingerprint density at radius 2 is 1.60 bits per heavy atom. The summed E-state index contributed by atoms with van der Waals surface area (Å²) in [5.74, 6) is -4.49. The van der Waals surface area contributed by atoms with E-state index < -0.39 is 96.2 Å². The number of β-amino-alcohol motifs (C(OH)–C–C–N with tert-alkyl or cyclic N) is 1. The number of fused-ring (bicyclic) bond motifs is 1. The van der Waals surface area contributed by atoms with Gasteiger partial charge < -0.3 is 55.7 Å². The minimum atomic E-state index is -1.71. The quantitative estimate of drug-likeness (QED) is 0.174. The lowest BCUT2D eigenvalue weighted by atomic mass is 9.94. The number of piperidine rings is 2. The van der Waals surface area contributed by atoms with E-state index in [0.717, 1.165) is 17.0 Å². The first kappa shape index (κ1) is 44.2. The normalized spacial score (nSPS) is 25.5. The van der Waals surface area contributed by atoms with Crippen molar-refractivity contribution in [3.05, 3.63) is 53.6 Å². The van der Waals surface area contributed by atoms with Gasteiger partial charge in [-0.2, -0.15) is 0 Å². The molecule has 20 heteroatoms. The van der Waals surface area contributed by atoms with Crippen LogP contribution in [-0.4, -0.2) is 141 Å². The number of nitrogens with one attached hydrogen (secondary N) is 4. The van der Waals surface area contributed by atoms with Crippen molar-refractivity contribution in [2.75, 3.05) is 38.4 Å². The zero-order chi connectivity index (χ0) is 44.5. The van der Waals surface area contributed by atoms with Gasteiger partial charge in [0.05, 0.1) is 12.7 Å².